The highest BCUT2D eigenvalue weighted by Gasteiger charge is 2.21. The lowest BCUT2D eigenvalue weighted by atomic mass is 10.1. The van der Waals surface area contributed by atoms with Crippen LogP contribution in [0.1, 0.15) is 30.6 Å². The molecule has 0 spiro atoms. The summed E-state index contributed by atoms with van der Waals surface area (Å²) in [5, 5.41) is 9.01. The summed E-state index contributed by atoms with van der Waals surface area (Å²) in [6.07, 6.45) is 6.47. The molecule has 0 saturated heterocycles. The summed E-state index contributed by atoms with van der Waals surface area (Å²) in [4.78, 5) is 13.6. The second-order valence-corrected chi connectivity index (χ2v) is 7.37. The first-order chi connectivity index (χ1) is 12.8. The third-order valence-corrected chi connectivity index (χ3v) is 5.38. The number of anilines is 1. The Hall–Kier alpha value is -2.41. The molecule has 1 aromatic carbocycles. The number of fused-ring (bicyclic) bond motifs is 1. The second-order valence-electron chi connectivity index (χ2n) is 6.38. The number of aryl methyl sites for hydroxylation is 2. The van der Waals surface area contributed by atoms with E-state index < -0.39 is 0 Å². The molecule has 1 atom stereocenters. The van der Waals surface area contributed by atoms with Gasteiger partial charge in [0.05, 0.1) is 18.9 Å². The van der Waals surface area contributed by atoms with Gasteiger partial charge < -0.3 is 5.32 Å². The normalized spacial score (nSPS) is 16.3. The van der Waals surface area contributed by atoms with Gasteiger partial charge in [0.25, 0.3) is 0 Å². The number of thioether (sulfide) groups is 1. The summed E-state index contributed by atoms with van der Waals surface area (Å²) >= 11 is 1.70. The molecule has 26 heavy (non-hydrogen) atoms. The zero-order chi connectivity index (χ0) is 17.8. The lowest BCUT2D eigenvalue weighted by molar-refractivity contribution is 0.439. The Balaban J connectivity index is 1.38. The van der Waals surface area contributed by atoms with Crippen LogP contribution in [0, 0.1) is 0 Å². The molecular weight excluding hydrogens is 344 g/mol. The zero-order valence-electron chi connectivity index (χ0n) is 14.8. The molecule has 6 nitrogen and oxygen atoms in total. The van der Waals surface area contributed by atoms with Crippen LogP contribution >= 0.6 is 11.8 Å². The van der Waals surface area contributed by atoms with Crippen LogP contribution in [-0.2, 0) is 25.1 Å². The standard InChI is InChI=1S/C19H22N6S/c1-2-16-22-18-9-8-15(12-25(18)24-16)21-17-10-20-11-19(23-17)26-13-14-6-4-3-5-7-14/h3-7,10-11,15H,2,8-9,12-13H2,1H3,(H,21,23). The van der Waals surface area contributed by atoms with Crippen molar-refractivity contribution in [1.82, 2.24) is 24.7 Å². The summed E-state index contributed by atoms with van der Waals surface area (Å²) < 4.78 is 2.03. The first-order valence-corrected chi connectivity index (χ1v) is 9.96. The van der Waals surface area contributed by atoms with Gasteiger partial charge in [0, 0.05) is 24.6 Å². The van der Waals surface area contributed by atoms with Crippen molar-refractivity contribution < 1.29 is 0 Å². The van der Waals surface area contributed by atoms with Gasteiger partial charge in [-0.05, 0) is 12.0 Å². The van der Waals surface area contributed by atoms with Crippen molar-refractivity contribution in [1.29, 1.82) is 0 Å². The molecule has 1 aliphatic heterocycles. The first kappa shape index (κ1) is 17.0. The topological polar surface area (TPSA) is 68.5 Å². The predicted octanol–water partition coefficient (Wildman–Crippen LogP) is 3.35. The number of hydrogen-bond acceptors (Lipinski definition) is 6. The summed E-state index contributed by atoms with van der Waals surface area (Å²) in [6, 6.07) is 10.7. The highest BCUT2D eigenvalue weighted by Crippen LogP contribution is 2.22. The molecular formula is C19H22N6S. The molecule has 3 aromatic rings. The van der Waals surface area contributed by atoms with Gasteiger partial charge in [0.2, 0.25) is 0 Å². The predicted molar refractivity (Wildman–Crippen MR) is 103 cm³/mol. The monoisotopic (exact) mass is 366 g/mol. The molecule has 1 aliphatic rings. The van der Waals surface area contributed by atoms with E-state index in [1.807, 2.05) is 16.9 Å². The van der Waals surface area contributed by atoms with Gasteiger partial charge in [-0.15, -0.1) is 11.8 Å². The maximum atomic E-state index is 4.70. The highest BCUT2D eigenvalue weighted by atomic mass is 32.2. The number of aromatic nitrogens is 5. The van der Waals surface area contributed by atoms with Crippen LogP contribution in [0.2, 0.25) is 0 Å². The Morgan fingerprint density at radius 3 is 2.92 bits per heavy atom. The molecule has 3 heterocycles. The first-order valence-electron chi connectivity index (χ1n) is 8.98. The fraction of sp³-hybridized carbons (Fsp3) is 0.368. The lowest BCUT2D eigenvalue weighted by Crippen LogP contribution is -2.32. The molecule has 7 heteroatoms. The molecule has 0 saturated carbocycles. The lowest BCUT2D eigenvalue weighted by Gasteiger charge is -2.23. The number of nitrogens with zero attached hydrogens (tertiary/aromatic N) is 5. The molecule has 0 bridgehead atoms. The zero-order valence-corrected chi connectivity index (χ0v) is 15.6. The van der Waals surface area contributed by atoms with Crippen molar-refractivity contribution in [3.05, 3.63) is 59.9 Å². The summed E-state index contributed by atoms with van der Waals surface area (Å²) in [7, 11) is 0. The van der Waals surface area contributed by atoms with Crippen LogP contribution < -0.4 is 5.32 Å². The Kier molecular flexibility index (Phi) is 5.15. The van der Waals surface area contributed by atoms with Gasteiger partial charge >= 0.3 is 0 Å². The minimum absolute atomic E-state index is 0.303. The van der Waals surface area contributed by atoms with Gasteiger partial charge in [0.15, 0.2) is 5.82 Å². The number of nitrogens with one attached hydrogen (secondary N) is 1. The van der Waals surface area contributed by atoms with E-state index in [1.165, 1.54) is 5.56 Å². The molecule has 134 valence electrons. The van der Waals surface area contributed by atoms with Gasteiger partial charge in [-0.1, -0.05) is 37.3 Å². The van der Waals surface area contributed by atoms with E-state index in [9.17, 15) is 0 Å². The molecule has 0 fully saturated rings. The van der Waals surface area contributed by atoms with Crippen LogP contribution in [0.15, 0.2) is 47.8 Å². The summed E-state index contributed by atoms with van der Waals surface area (Å²) in [5.74, 6) is 3.75. The number of benzene rings is 1. The van der Waals surface area contributed by atoms with E-state index in [0.717, 1.165) is 54.1 Å². The van der Waals surface area contributed by atoms with Crippen molar-refractivity contribution in [2.75, 3.05) is 5.32 Å². The van der Waals surface area contributed by atoms with Gasteiger partial charge in [0.1, 0.15) is 16.7 Å². The summed E-state index contributed by atoms with van der Waals surface area (Å²) in [5.41, 5.74) is 1.29. The Labute approximate surface area is 157 Å². The minimum Gasteiger partial charge on any atom is -0.364 e. The Bertz CT molecular complexity index is 863. The van der Waals surface area contributed by atoms with E-state index in [1.54, 1.807) is 18.0 Å². The smallest absolute Gasteiger partial charge is 0.150 e. The van der Waals surface area contributed by atoms with E-state index in [4.69, 9.17) is 4.98 Å². The maximum absolute atomic E-state index is 4.70. The molecule has 0 amide bonds. The number of rotatable bonds is 6. The van der Waals surface area contributed by atoms with E-state index in [0.29, 0.717) is 6.04 Å². The largest absolute Gasteiger partial charge is 0.364 e. The van der Waals surface area contributed by atoms with Crippen LogP contribution in [0.5, 0.6) is 0 Å². The molecule has 1 N–H and O–H groups in total. The van der Waals surface area contributed by atoms with Gasteiger partial charge in [-0.25, -0.2) is 14.6 Å². The van der Waals surface area contributed by atoms with E-state index in [-0.39, 0.29) is 0 Å². The van der Waals surface area contributed by atoms with Crippen LogP contribution in [-0.4, -0.2) is 30.8 Å². The highest BCUT2D eigenvalue weighted by molar-refractivity contribution is 7.98. The Morgan fingerprint density at radius 1 is 1.19 bits per heavy atom. The fourth-order valence-corrected chi connectivity index (χ4v) is 3.86. The average Bonchev–Trinajstić information content (AvgIpc) is 3.10. The quantitative estimate of drug-likeness (QED) is 0.675. The second kappa shape index (κ2) is 7.86. The average molecular weight is 366 g/mol. The third-order valence-electron chi connectivity index (χ3n) is 4.41. The molecule has 2 aromatic heterocycles. The van der Waals surface area contributed by atoms with Gasteiger partial charge in [-0.3, -0.25) is 4.98 Å². The van der Waals surface area contributed by atoms with Crippen molar-refractivity contribution in [3.8, 4) is 0 Å². The minimum atomic E-state index is 0.303. The van der Waals surface area contributed by atoms with E-state index in [2.05, 4.69) is 51.6 Å². The van der Waals surface area contributed by atoms with E-state index >= 15 is 0 Å². The third kappa shape index (κ3) is 4.04. The SMILES string of the molecule is CCc1nc2n(n1)CC(Nc1cncc(SCc3ccccc3)n1)CC2. The number of hydrogen-bond donors (Lipinski definition) is 1. The van der Waals surface area contributed by atoms with Crippen LogP contribution in [0.3, 0.4) is 0 Å². The molecule has 0 aliphatic carbocycles. The van der Waals surface area contributed by atoms with Crippen LogP contribution in [0.25, 0.3) is 0 Å². The maximum Gasteiger partial charge on any atom is 0.150 e. The fourth-order valence-electron chi connectivity index (χ4n) is 3.06. The van der Waals surface area contributed by atoms with Crippen molar-refractivity contribution in [2.24, 2.45) is 0 Å². The molecule has 1 unspecified atom stereocenters. The molecule has 0 radical (unpaired) electrons. The molecule has 4 rings (SSSR count). The van der Waals surface area contributed by atoms with Crippen molar-refractivity contribution in [2.45, 2.75) is 49.6 Å². The van der Waals surface area contributed by atoms with Crippen LogP contribution in [0.4, 0.5) is 5.82 Å². The van der Waals surface area contributed by atoms with Crippen molar-refractivity contribution >= 4 is 17.6 Å². The Morgan fingerprint density at radius 2 is 2.08 bits per heavy atom. The van der Waals surface area contributed by atoms with Crippen molar-refractivity contribution in [3.63, 3.8) is 0 Å². The summed E-state index contributed by atoms with van der Waals surface area (Å²) in [6.45, 7) is 2.91. The van der Waals surface area contributed by atoms with Gasteiger partial charge in [-0.2, -0.15) is 5.10 Å².